The molecule has 4 heteroatoms. The van der Waals surface area contributed by atoms with Crippen molar-refractivity contribution in [1.29, 1.82) is 0 Å². The molecule has 0 fully saturated rings. The van der Waals surface area contributed by atoms with Gasteiger partial charge in [0, 0.05) is 6.42 Å². The highest BCUT2D eigenvalue weighted by molar-refractivity contribution is 6.34. The highest BCUT2D eigenvalue weighted by Crippen LogP contribution is 2.24. The van der Waals surface area contributed by atoms with Gasteiger partial charge in [-0.2, -0.15) is 0 Å². The Kier molecular flexibility index (Phi) is 2.93. The molecule has 0 spiro atoms. The molecule has 0 aliphatic carbocycles. The van der Waals surface area contributed by atoms with Crippen LogP contribution >= 0.6 is 11.6 Å². The maximum atomic E-state index is 5.98. The van der Waals surface area contributed by atoms with Crippen LogP contribution in [0.4, 0.5) is 0 Å². The molecule has 80 valence electrons. The Hall–Kier alpha value is -1.06. The summed E-state index contributed by atoms with van der Waals surface area (Å²) in [5, 5.41) is 0.603. The van der Waals surface area contributed by atoms with Crippen molar-refractivity contribution in [2.45, 2.75) is 13.3 Å². The fourth-order valence-corrected chi connectivity index (χ4v) is 1.64. The number of fused-ring (bicyclic) bond motifs is 1. The first-order chi connectivity index (χ1) is 7.20. The zero-order valence-electron chi connectivity index (χ0n) is 8.53. The minimum atomic E-state index is 0.372. The van der Waals surface area contributed by atoms with Gasteiger partial charge in [-0.1, -0.05) is 24.6 Å². The lowest BCUT2D eigenvalue weighted by Gasteiger charge is -2.02. The molecule has 0 bridgehead atoms. The standard InChI is InChI=1S/C11H13ClN2O/c1-7(6-13)5-10-14-9-4-2-3-8(12)11(9)15-10/h2-4,7H,5-6,13H2,1H3. The summed E-state index contributed by atoms with van der Waals surface area (Å²) in [6.45, 7) is 2.70. The third kappa shape index (κ3) is 2.13. The highest BCUT2D eigenvalue weighted by Gasteiger charge is 2.10. The zero-order valence-corrected chi connectivity index (χ0v) is 9.29. The third-order valence-electron chi connectivity index (χ3n) is 2.34. The SMILES string of the molecule is CC(CN)Cc1nc2cccc(Cl)c2o1. The number of para-hydroxylation sites is 1. The predicted molar refractivity (Wildman–Crippen MR) is 60.9 cm³/mol. The Morgan fingerprint density at radius 2 is 2.33 bits per heavy atom. The van der Waals surface area contributed by atoms with Crippen LogP contribution in [0, 0.1) is 5.92 Å². The second-order valence-corrected chi connectivity index (χ2v) is 4.15. The lowest BCUT2D eigenvalue weighted by Crippen LogP contribution is -2.13. The van der Waals surface area contributed by atoms with E-state index < -0.39 is 0 Å². The first kappa shape index (κ1) is 10.5. The van der Waals surface area contributed by atoms with Gasteiger partial charge >= 0.3 is 0 Å². The molecule has 2 aromatic rings. The van der Waals surface area contributed by atoms with Gasteiger partial charge in [0.25, 0.3) is 0 Å². The summed E-state index contributed by atoms with van der Waals surface area (Å²) in [5.41, 5.74) is 7.02. The van der Waals surface area contributed by atoms with Crippen molar-refractivity contribution in [1.82, 2.24) is 4.98 Å². The first-order valence-electron chi connectivity index (χ1n) is 4.94. The van der Waals surface area contributed by atoms with Crippen LogP contribution in [0.15, 0.2) is 22.6 Å². The van der Waals surface area contributed by atoms with Gasteiger partial charge in [0.05, 0.1) is 5.02 Å². The van der Waals surface area contributed by atoms with Crippen molar-refractivity contribution >= 4 is 22.7 Å². The molecule has 0 aliphatic rings. The van der Waals surface area contributed by atoms with Crippen LogP contribution in [0.25, 0.3) is 11.1 Å². The molecule has 3 nitrogen and oxygen atoms in total. The first-order valence-corrected chi connectivity index (χ1v) is 5.32. The number of nitrogens with zero attached hydrogens (tertiary/aromatic N) is 1. The van der Waals surface area contributed by atoms with E-state index in [9.17, 15) is 0 Å². The van der Waals surface area contributed by atoms with E-state index in [-0.39, 0.29) is 0 Å². The summed E-state index contributed by atoms with van der Waals surface area (Å²) in [6, 6.07) is 5.55. The van der Waals surface area contributed by atoms with Crippen LogP contribution < -0.4 is 5.73 Å². The Morgan fingerprint density at radius 3 is 3.00 bits per heavy atom. The summed E-state index contributed by atoms with van der Waals surface area (Å²) < 4.78 is 5.57. The number of oxazole rings is 1. The van der Waals surface area contributed by atoms with Gasteiger partial charge in [-0.3, -0.25) is 0 Å². The molecule has 1 heterocycles. The third-order valence-corrected chi connectivity index (χ3v) is 2.63. The van der Waals surface area contributed by atoms with Crippen molar-refractivity contribution in [2.24, 2.45) is 11.7 Å². The lowest BCUT2D eigenvalue weighted by atomic mass is 10.1. The molecule has 0 saturated carbocycles. The van der Waals surface area contributed by atoms with Crippen LogP contribution in [0.3, 0.4) is 0 Å². The molecule has 2 N–H and O–H groups in total. The Balaban J connectivity index is 2.35. The quantitative estimate of drug-likeness (QED) is 0.872. The van der Waals surface area contributed by atoms with Gasteiger partial charge < -0.3 is 10.2 Å². The molecular weight excluding hydrogens is 212 g/mol. The van der Waals surface area contributed by atoms with Gasteiger partial charge in [-0.15, -0.1) is 0 Å². The molecule has 0 radical (unpaired) electrons. The monoisotopic (exact) mass is 224 g/mol. The number of hydrogen-bond donors (Lipinski definition) is 1. The van der Waals surface area contributed by atoms with E-state index in [0.717, 1.165) is 11.9 Å². The van der Waals surface area contributed by atoms with E-state index in [1.54, 1.807) is 6.07 Å². The van der Waals surface area contributed by atoms with Crippen LogP contribution in [-0.4, -0.2) is 11.5 Å². The Morgan fingerprint density at radius 1 is 1.53 bits per heavy atom. The topological polar surface area (TPSA) is 52.0 Å². The highest BCUT2D eigenvalue weighted by atomic mass is 35.5. The van der Waals surface area contributed by atoms with E-state index in [1.165, 1.54) is 0 Å². The van der Waals surface area contributed by atoms with Gasteiger partial charge in [-0.05, 0) is 24.6 Å². The summed E-state index contributed by atoms with van der Waals surface area (Å²) >= 11 is 5.98. The average molecular weight is 225 g/mol. The van der Waals surface area contributed by atoms with E-state index in [0.29, 0.717) is 29.0 Å². The molecule has 1 atom stereocenters. The summed E-state index contributed by atoms with van der Waals surface area (Å²) in [4.78, 5) is 4.35. The van der Waals surface area contributed by atoms with Crippen LogP contribution in [0.1, 0.15) is 12.8 Å². The maximum absolute atomic E-state index is 5.98. The minimum absolute atomic E-state index is 0.372. The molecule has 2 rings (SSSR count). The summed E-state index contributed by atoms with van der Waals surface area (Å²) in [7, 11) is 0. The molecule has 1 unspecified atom stereocenters. The number of nitrogens with two attached hydrogens (primary N) is 1. The predicted octanol–water partition coefficient (Wildman–Crippen LogP) is 2.62. The van der Waals surface area contributed by atoms with E-state index in [1.807, 2.05) is 12.1 Å². The average Bonchev–Trinajstić information content (AvgIpc) is 2.62. The minimum Gasteiger partial charge on any atom is -0.439 e. The largest absolute Gasteiger partial charge is 0.439 e. The van der Waals surface area contributed by atoms with Gasteiger partial charge in [0.2, 0.25) is 0 Å². The van der Waals surface area contributed by atoms with Crippen molar-refractivity contribution in [3.63, 3.8) is 0 Å². The van der Waals surface area contributed by atoms with Crippen LogP contribution in [-0.2, 0) is 6.42 Å². The summed E-state index contributed by atoms with van der Waals surface area (Å²) in [6.07, 6.45) is 0.751. The molecule has 15 heavy (non-hydrogen) atoms. The van der Waals surface area contributed by atoms with E-state index in [2.05, 4.69) is 11.9 Å². The molecule has 1 aromatic heterocycles. The second-order valence-electron chi connectivity index (χ2n) is 3.74. The molecule has 0 saturated heterocycles. The fraction of sp³-hybridized carbons (Fsp3) is 0.364. The fourth-order valence-electron chi connectivity index (χ4n) is 1.43. The Labute approximate surface area is 93.2 Å². The zero-order chi connectivity index (χ0) is 10.8. The molecule has 1 aromatic carbocycles. The number of rotatable bonds is 3. The van der Waals surface area contributed by atoms with Crippen molar-refractivity contribution < 1.29 is 4.42 Å². The van der Waals surface area contributed by atoms with Crippen LogP contribution in [0.2, 0.25) is 5.02 Å². The number of benzene rings is 1. The Bertz CT molecular complexity index is 467. The van der Waals surface area contributed by atoms with Gasteiger partial charge in [0.1, 0.15) is 5.52 Å². The van der Waals surface area contributed by atoms with E-state index >= 15 is 0 Å². The van der Waals surface area contributed by atoms with Crippen molar-refractivity contribution in [3.05, 3.63) is 29.1 Å². The van der Waals surface area contributed by atoms with Gasteiger partial charge in [-0.25, -0.2) is 4.98 Å². The maximum Gasteiger partial charge on any atom is 0.195 e. The smallest absolute Gasteiger partial charge is 0.195 e. The molecular formula is C11H13ClN2O. The van der Waals surface area contributed by atoms with Crippen molar-refractivity contribution in [3.8, 4) is 0 Å². The normalized spacial score (nSPS) is 13.3. The number of hydrogen-bond acceptors (Lipinski definition) is 3. The second kappa shape index (κ2) is 4.21. The van der Waals surface area contributed by atoms with Crippen molar-refractivity contribution in [2.75, 3.05) is 6.54 Å². The van der Waals surface area contributed by atoms with Gasteiger partial charge in [0.15, 0.2) is 11.5 Å². The number of halogens is 1. The summed E-state index contributed by atoms with van der Waals surface area (Å²) in [5.74, 6) is 1.08. The lowest BCUT2D eigenvalue weighted by molar-refractivity contribution is 0.468. The number of aromatic nitrogens is 1. The van der Waals surface area contributed by atoms with Crippen LogP contribution in [0.5, 0.6) is 0 Å². The van der Waals surface area contributed by atoms with E-state index in [4.69, 9.17) is 21.8 Å². The molecule has 0 amide bonds. The molecule has 0 aliphatic heterocycles.